The van der Waals surface area contributed by atoms with Crippen molar-refractivity contribution >= 4 is 0 Å². The van der Waals surface area contributed by atoms with Gasteiger partial charge in [-0.05, 0) is 31.6 Å². The minimum atomic E-state index is 0.0208. The number of aliphatic hydroxyl groups excluding tert-OH is 1. The lowest BCUT2D eigenvalue weighted by atomic mass is 9.84. The minimum Gasteiger partial charge on any atom is -0.393 e. The van der Waals surface area contributed by atoms with Gasteiger partial charge in [0.2, 0.25) is 0 Å². The third kappa shape index (κ3) is 8.88. The Balaban J connectivity index is 0.000000583. The van der Waals surface area contributed by atoms with Crippen LogP contribution in [0.15, 0.2) is 0 Å². The number of ether oxygens (including phenoxy) is 1. The average molecular weight is 216 g/mol. The summed E-state index contributed by atoms with van der Waals surface area (Å²) in [6, 6.07) is 0. The van der Waals surface area contributed by atoms with Crippen LogP contribution < -0.4 is 0 Å². The standard InChI is InChI=1S/C11H22O.C2H6O/c1-2-3-4-5-10-6-8-11(12)9-7-10;1-3-2/h10-12H,2-9H2,1H3;1-2H3. The fourth-order valence-corrected chi connectivity index (χ4v) is 2.12. The molecule has 0 bridgehead atoms. The molecular weight excluding hydrogens is 188 g/mol. The lowest BCUT2D eigenvalue weighted by molar-refractivity contribution is 0.106. The van der Waals surface area contributed by atoms with Gasteiger partial charge in [0, 0.05) is 14.2 Å². The topological polar surface area (TPSA) is 29.5 Å². The number of aliphatic hydroxyl groups is 1. The summed E-state index contributed by atoms with van der Waals surface area (Å²) in [5.41, 5.74) is 0. The molecule has 92 valence electrons. The molecule has 0 amide bonds. The van der Waals surface area contributed by atoms with Gasteiger partial charge in [0.1, 0.15) is 0 Å². The Morgan fingerprint density at radius 3 is 2.07 bits per heavy atom. The van der Waals surface area contributed by atoms with Crippen LogP contribution >= 0.6 is 0 Å². The summed E-state index contributed by atoms with van der Waals surface area (Å²) in [6.07, 6.45) is 10.2. The highest BCUT2D eigenvalue weighted by molar-refractivity contribution is 4.71. The average Bonchev–Trinajstić information content (AvgIpc) is 2.23. The second-order valence-electron chi connectivity index (χ2n) is 4.58. The second-order valence-corrected chi connectivity index (χ2v) is 4.58. The van der Waals surface area contributed by atoms with Crippen LogP contribution in [0.3, 0.4) is 0 Å². The Morgan fingerprint density at radius 2 is 1.60 bits per heavy atom. The van der Waals surface area contributed by atoms with Crippen LogP contribution in [0.5, 0.6) is 0 Å². The first-order valence-electron chi connectivity index (χ1n) is 6.32. The number of methoxy groups -OCH3 is 1. The minimum absolute atomic E-state index is 0.0208. The van der Waals surface area contributed by atoms with E-state index in [9.17, 15) is 5.11 Å². The highest BCUT2D eigenvalue weighted by Gasteiger charge is 2.18. The molecule has 2 heteroatoms. The predicted molar refractivity (Wildman–Crippen MR) is 65.0 cm³/mol. The number of hydrogen-bond donors (Lipinski definition) is 1. The van der Waals surface area contributed by atoms with Crippen molar-refractivity contribution < 1.29 is 9.84 Å². The molecule has 1 rings (SSSR count). The SMILES string of the molecule is CCCCCC1CCC(O)CC1.COC. The predicted octanol–water partition coefficient (Wildman–Crippen LogP) is 3.38. The van der Waals surface area contributed by atoms with Gasteiger partial charge in [0.25, 0.3) is 0 Å². The Morgan fingerprint density at radius 1 is 1.07 bits per heavy atom. The van der Waals surface area contributed by atoms with Gasteiger partial charge >= 0.3 is 0 Å². The van der Waals surface area contributed by atoms with Gasteiger partial charge in [0.05, 0.1) is 6.10 Å². The van der Waals surface area contributed by atoms with E-state index in [1.54, 1.807) is 14.2 Å². The van der Waals surface area contributed by atoms with Crippen LogP contribution in [-0.4, -0.2) is 25.4 Å². The maximum Gasteiger partial charge on any atom is 0.0540 e. The fourth-order valence-electron chi connectivity index (χ4n) is 2.12. The van der Waals surface area contributed by atoms with Crippen LogP contribution in [0.25, 0.3) is 0 Å². The zero-order valence-electron chi connectivity index (χ0n) is 10.7. The van der Waals surface area contributed by atoms with Gasteiger partial charge in [-0.3, -0.25) is 0 Å². The molecule has 1 saturated carbocycles. The third-order valence-corrected chi connectivity index (χ3v) is 3.03. The summed E-state index contributed by atoms with van der Waals surface area (Å²) < 4.78 is 4.25. The van der Waals surface area contributed by atoms with E-state index in [0.717, 1.165) is 18.8 Å². The van der Waals surface area contributed by atoms with E-state index in [1.165, 1.54) is 38.5 Å². The van der Waals surface area contributed by atoms with Crippen molar-refractivity contribution in [2.24, 2.45) is 5.92 Å². The van der Waals surface area contributed by atoms with Crippen LogP contribution in [0.2, 0.25) is 0 Å². The number of hydrogen-bond acceptors (Lipinski definition) is 2. The molecule has 15 heavy (non-hydrogen) atoms. The Bertz CT molecular complexity index is 118. The molecule has 0 atom stereocenters. The van der Waals surface area contributed by atoms with Crippen LogP contribution in [0.4, 0.5) is 0 Å². The molecule has 0 saturated heterocycles. The molecule has 1 N–H and O–H groups in total. The zero-order chi connectivity index (χ0) is 11.5. The van der Waals surface area contributed by atoms with Crippen molar-refractivity contribution in [3.63, 3.8) is 0 Å². The van der Waals surface area contributed by atoms with Gasteiger partial charge in [-0.2, -0.15) is 0 Å². The Kier molecular flexibility index (Phi) is 10.4. The Labute approximate surface area is 95.0 Å². The highest BCUT2D eigenvalue weighted by Crippen LogP contribution is 2.28. The van der Waals surface area contributed by atoms with E-state index in [1.807, 2.05) is 0 Å². The maximum atomic E-state index is 9.30. The first-order valence-corrected chi connectivity index (χ1v) is 6.32. The molecular formula is C13H28O2. The van der Waals surface area contributed by atoms with E-state index in [-0.39, 0.29) is 6.10 Å². The summed E-state index contributed by atoms with van der Waals surface area (Å²) in [5.74, 6) is 0.931. The zero-order valence-corrected chi connectivity index (χ0v) is 10.7. The number of unbranched alkanes of at least 4 members (excludes halogenated alkanes) is 2. The third-order valence-electron chi connectivity index (χ3n) is 3.03. The van der Waals surface area contributed by atoms with Crippen molar-refractivity contribution in [2.45, 2.75) is 64.4 Å². The van der Waals surface area contributed by atoms with Gasteiger partial charge in [-0.1, -0.05) is 32.6 Å². The fraction of sp³-hybridized carbons (Fsp3) is 1.00. The lowest BCUT2D eigenvalue weighted by Gasteiger charge is -2.25. The van der Waals surface area contributed by atoms with E-state index in [4.69, 9.17) is 0 Å². The van der Waals surface area contributed by atoms with Crippen molar-refractivity contribution in [1.82, 2.24) is 0 Å². The number of rotatable bonds is 4. The van der Waals surface area contributed by atoms with E-state index < -0.39 is 0 Å². The van der Waals surface area contributed by atoms with Gasteiger partial charge in [-0.25, -0.2) is 0 Å². The molecule has 0 aliphatic heterocycles. The highest BCUT2D eigenvalue weighted by atomic mass is 16.4. The van der Waals surface area contributed by atoms with Crippen LogP contribution in [0.1, 0.15) is 58.3 Å². The second kappa shape index (κ2) is 10.4. The van der Waals surface area contributed by atoms with Gasteiger partial charge in [0.15, 0.2) is 0 Å². The maximum absolute atomic E-state index is 9.30. The van der Waals surface area contributed by atoms with Crippen molar-refractivity contribution in [2.75, 3.05) is 14.2 Å². The largest absolute Gasteiger partial charge is 0.393 e. The van der Waals surface area contributed by atoms with E-state index in [0.29, 0.717) is 0 Å². The lowest BCUT2D eigenvalue weighted by Crippen LogP contribution is -2.17. The smallest absolute Gasteiger partial charge is 0.0540 e. The molecule has 0 radical (unpaired) electrons. The monoisotopic (exact) mass is 216 g/mol. The Hall–Kier alpha value is -0.0800. The first-order chi connectivity index (χ1) is 7.24. The van der Waals surface area contributed by atoms with Gasteiger partial charge < -0.3 is 9.84 Å². The molecule has 1 aliphatic rings. The summed E-state index contributed by atoms with van der Waals surface area (Å²) in [4.78, 5) is 0. The van der Waals surface area contributed by atoms with Crippen molar-refractivity contribution in [3.05, 3.63) is 0 Å². The first kappa shape index (κ1) is 14.9. The van der Waals surface area contributed by atoms with Gasteiger partial charge in [-0.15, -0.1) is 0 Å². The summed E-state index contributed by atoms with van der Waals surface area (Å²) in [5, 5.41) is 9.30. The molecule has 0 aromatic heterocycles. The summed E-state index contributed by atoms with van der Waals surface area (Å²) in [6.45, 7) is 2.25. The summed E-state index contributed by atoms with van der Waals surface area (Å²) in [7, 11) is 3.25. The molecule has 0 aromatic carbocycles. The normalized spacial score (nSPS) is 25.6. The molecule has 0 spiro atoms. The van der Waals surface area contributed by atoms with Crippen molar-refractivity contribution in [1.29, 1.82) is 0 Å². The molecule has 1 aliphatic carbocycles. The summed E-state index contributed by atoms with van der Waals surface area (Å²) >= 11 is 0. The van der Waals surface area contributed by atoms with Crippen LogP contribution in [-0.2, 0) is 4.74 Å². The van der Waals surface area contributed by atoms with E-state index in [2.05, 4.69) is 11.7 Å². The molecule has 0 unspecified atom stereocenters. The van der Waals surface area contributed by atoms with Crippen molar-refractivity contribution in [3.8, 4) is 0 Å². The molecule has 2 nitrogen and oxygen atoms in total. The quantitative estimate of drug-likeness (QED) is 0.730. The molecule has 1 fully saturated rings. The van der Waals surface area contributed by atoms with Crippen LogP contribution in [0, 0.1) is 5.92 Å². The molecule has 0 heterocycles. The molecule has 0 aromatic rings. The van der Waals surface area contributed by atoms with E-state index >= 15 is 0 Å².